The Morgan fingerprint density at radius 2 is 1.81 bits per heavy atom. The standard InChI is InChI=1S/C21H23N3O2/c1-15(2)16-11-13-18(14-12-16)22-19(25)9-6-10-20-23-21(24-26-20)17-7-4-3-5-8-17/h3-5,7-8,11-15H,6,9-10H2,1-2H3,(H,22,25). The summed E-state index contributed by atoms with van der Waals surface area (Å²) in [7, 11) is 0. The summed E-state index contributed by atoms with van der Waals surface area (Å²) in [5.41, 5.74) is 3.00. The molecule has 26 heavy (non-hydrogen) atoms. The second-order valence-corrected chi connectivity index (χ2v) is 6.56. The molecule has 0 bridgehead atoms. The molecule has 2 aromatic carbocycles. The minimum absolute atomic E-state index is 0.00917. The molecule has 134 valence electrons. The third kappa shape index (κ3) is 4.79. The van der Waals surface area contributed by atoms with Gasteiger partial charge in [0.15, 0.2) is 0 Å². The zero-order valence-electron chi connectivity index (χ0n) is 15.1. The monoisotopic (exact) mass is 349 g/mol. The zero-order valence-corrected chi connectivity index (χ0v) is 15.1. The number of anilines is 1. The van der Waals surface area contributed by atoms with Crippen molar-refractivity contribution in [1.29, 1.82) is 0 Å². The summed E-state index contributed by atoms with van der Waals surface area (Å²) in [6, 6.07) is 17.7. The van der Waals surface area contributed by atoms with Gasteiger partial charge in [-0.2, -0.15) is 4.98 Å². The first-order valence-electron chi connectivity index (χ1n) is 8.89. The van der Waals surface area contributed by atoms with E-state index < -0.39 is 0 Å². The van der Waals surface area contributed by atoms with Gasteiger partial charge in [0.05, 0.1) is 0 Å². The molecule has 0 saturated carbocycles. The molecule has 1 heterocycles. The third-order valence-corrected chi connectivity index (χ3v) is 4.16. The maximum atomic E-state index is 12.1. The van der Waals surface area contributed by atoms with Crippen LogP contribution >= 0.6 is 0 Å². The van der Waals surface area contributed by atoms with Gasteiger partial charge in [-0.1, -0.05) is 61.5 Å². The summed E-state index contributed by atoms with van der Waals surface area (Å²) >= 11 is 0. The van der Waals surface area contributed by atoms with Crippen molar-refractivity contribution in [2.45, 2.75) is 39.0 Å². The van der Waals surface area contributed by atoms with Crippen LogP contribution in [0.2, 0.25) is 0 Å². The summed E-state index contributed by atoms with van der Waals surface area (Å²) in [6.45, 7) is 4.29. The van der Waals surface area contributed by atoms with Gasteiger partial charge in [0.2, 0.25) is 17.6 Å². The molecule has 5 nitrogen and oxygen atoms in total. The number of benzene rings is 2. The van der Waals surface area contributed by atoms with Gasteiger partial charge in [0.1, 0.15) is 0 Å². The maximum Gasteiger partial charge on any atom is 0.226 e. The second-order valence-electron chi connectivity index (χ2n) is 6.56. The van der Waals surface area contributed by atoms with E-state index in [2.05, 4.69) is 29.3 Å². The normalized spacial score (nSPS) is 10.9. The number of carbonyl (C=O) groups is 1. The predicted molar refractivity (Wildman–Crippen MR) is 102 cm³/mol. The average molecular weight is 349 g/mol. The average Bonchev–Trinajstić information content (AvgIpc) is 3.12. The van der Waals surface area contributed by atoms with E-state index in [4.69, 9.17) is 4.52 Å². The quantitative estimate of drug-likeness (QED) is 0.664. The Bertz CT molecular complexity index is 839. The highest BCUT2D eigenvalue weighted by atomic mass is 16.5. The van der Waals surface area contributed by atoms with Crippen LogP contribution in [0.15, 0.2) is 59.1 Å². The van der Waals surface area contributed by atoms with Gasteiger partial charge in [-0.15, -0.1) is 0 Å². The van der Waals surface area contributed by atoms with Gasteiger partial charge < -0.3 is 9.84 Å². The van der Waals surface area contributed by atoms with E-state index in [-0.39, 0.29) is 5.91 Å². The van der Waals surface area contributed by atoms with E-state index in [0.717, 1.165) is 11.3 Å². The first-order chi connectivity index (χ1) is 12.6. The fourth-order valence-electron chi connectivity index (χ4n) is 2.64. The molecule has 0 saturated heterocycles. The Hall–Kier alpha value is -2.95. The molecular formula is C21H23N3O2. The number of nitrogens with zero attached hydrogens (tertiary/aromatic N) is 2. The smallest absolute Gasteiger partial charge is 0.226 e. The number of aryl methyl sites for hydroxylation is 1. The number of rotatable bonds is 7. The van der Waals surface area contributed by atoms with Crippen molar-refractivity contribution in [2.75, 3.05) is 5.32 Å². The number of carbonyl (C=O) groups excluding carboxylic acids is 1. The number of amides is 1. The fraction of sp³-hybridized carbons (Fsp3) is 0.286. The van der Waals surface area contributed by atoms with E-state index in [9.17, 15) is 4.79 Å². The SMILES string of the molecule is CC(C)c1ccc(NC(=O)CCCc2nc(-c3ccccc3)no2)cc1. The lowest BCUT2D eigenvalue weighted by Crippen LogP contribution is -2.11. The number of nitrogens with one attached hydrogen (secondary N) is 1. The summed E-state index contributed by atoms with van der Waals surface area (Å²) in [4.78, 5) is 16.4. The molecule has 3 rings (SSSR count). The first kappa shape index (κ1) is 17.9. The molecule has 0 unspecified atom stereocenters. The van der Waals surface area contributed by atoms with Gasteiger partial charge in [0.25, 0.3) is 0 Å². The Kier molecular flexibility index (Phi) is 5.79. The predicted octanol–water partition coefficient (Wildman–Crippen LogP) is 4.82. The summed E-state index contributed by atoms with van der Waals surface area (Å²) < 4.78 is 5.26. The Morgan fingerprint density at radius 1 is 1.08 bits per heavy atom. The maximum absolute atomic E-state index is 12.1. The van der Waals surface area contributed by atoms with Crippen molar-refractivity contribution in [1.82, 2.24) is 10.1 Å². The molecule has 3 aromatic rings. The van der Waals surface area contributed by atoms with Crippen molar-refractivity contribution in [3.63, 3.8) is 0 Å². The molecule has 1 amide bonds. The van der Waals surface area contributed by atoms with Gasteiger partial charge in [-0.05, 0) is 30.0 Å². The van der Waals surface area contributed by atoms with Gasteiger partial charge in [-0.25, -0.2) is 0 Å². The van der Waals surface area contributed by atoms with Crippen molar-refractivity contribution < 1.29 is 9.32 Å². The molecule has 0 radical (unpaired) electrons. The van der Waals surface area contributed by atoms with E-state index in [0.29, 0.717) is 36.9 Å². The van der Waals surface area contributed by atoms with Crippen LogP contribution in [-0.4, -0.2) is 16.0 Å². The molecule has 5 heteroatoms. The molecule has 0 atom stereocenters. The molecule has 0 aliphatic heterocycles. The van der Waals surface area contributed by atoms with Gasteiger partial charge in [0, 0.05) is 24.1 Å². The van der Waals surface area contributed by atoms with Crippen molar-refractivity contribution in [3.05, 3.63) is 66.1 Å². The Labute approximate surface area is 153 Å². The lowest BCUT2D eigenvalue weighted by molar-refractivity contribution is -0.116. The molecular weight excluding hydrogens is 326 g/mol. The third-order valence-electron chi connectivity index (χ3n) is 4.16. The molecule has 0 aliphatic carbocycles. The van der Waals surface area contributed by atoms with E-state index in [1.54, 1.807) is 0 Å². The lowest BCUT2D eigenvalue weighted by atomic mass is 10.0. The van der Waals surface area contributed by atoms with Crippen LogP contribution in [0.25, 0.3) is 11.4 Å². The van der Waals surface area contributed by atoms with E-state index in [1.165, 1.54) is 5.56 Å². The molecule has 0 fully saturated rings. The summed E-state index contributed by atoms with van der Waals surface area (Å²) in [5, 5.41) is 6.91. The zero-order chi connectivity index (χ0) is 18.4. The van der Waals surface area contributed by atoms with Crippen LogP contribution < -0.4 is 5.32 Å². The fourth-order valence-corrected chi connectivity index (χ4v) is 2.64. The Morgan fingerprint density at radius 3 is 2.50 bits per heavy atom. The molecule has 1 aromatic heterocycles. The van der Waals surface area contributed by atoms with Crippen molar-refractivity contribution in [3.8, 4) is 11.4 Å². The van der Waals surface area contributed by atoms with Gasteiger partial charge >= 0.3 is 0 Å². The van der Waals surface area contributed by atoms with Gasteiger partial charge in [-0.3, -0.25) is 4.79 Å². The van der Waals surface area contributed by atoms with Crippen LogP contribution in [-0.2, 0) is 11.2 Å². The van der Waals surface area contributed by atoms with E-state index in [1.807, 2.05) is 54.6 Å². The molecule has 1 N–H and O–H groups in total. The molecule has 0 spiro atoms. The second kappa shape index (κ2) is 8.43. The number of aromatic nitrogens is 2. The van der Waals surface area contributed by atoms with E-state index >= 15 is 0 Å². The van der Waals surface area contributed by atoms with Crippen LogP contribution in [0.3, 0.4) is 0 Å². The highest BCUT2D eigenvalue weighted by Crippen LogP contribution is 2.18. The highest BCUT2D eigenvalue weighted by molar-refractivity contribution is 5.90. The van der Waals surface area contributed by atoms with Crippen LogP contribution in [0.4, 0.5) is 5.69 Å². The minimum Gasteiger partial charge on any atom is -0.339 e. The number of hydrogen-bond donors (Lipinski definition) is 1. The summed E-state index contributed by atoms with van der Waals surface area (Å²) in [6.07, 6.45) is 1.65. The first-order valence-corrected chi connectivity index (χ1v) is 8.89. The number of hydrogen-bond acceptors (Lipinski definition) is 4. The van der Waals surface area contributed by atoms with Crippen LogP contribution in [0, 0.1) is 0 Å². The minimum atomic E-state index is -0.00917. The van der Waals surface area contributed by atoms with Crippen molar-refractivity contribution >= 4 is 11.6 Å². The Balaban J connectivity index is 1.46. The topological polar surface area (TPSA) is 68.0 Å². The highest BCUT2D eigenvalue weighted by Gasteiger charge is 2.09. The largest absolute Gasteiger partial charge is 0.339 e. The van der Waals surface area contributed by atoms with Crippen molar-refractivity contribution in [2.24, 2.45) is 0 Å². The molecule has 0 aliphatic rings. The van der Waals surface area contributed by atoms with Crippen LogP contribution in [0.5, 0.6) is 0 Å². The van der Waals surface area contributed by atoms with Crippen LogP contribution in [0.1, 0.15) is 44.1 Å². The summed E-state index contributed by atoms with van der Waals surface area (Å²) in [5.74, 6) is 1.60. The lowest BCUT2D eigenvalue weighted by Gasteiger charge is -2.08.